The number of pyridine rings is 1. The van der Waals surface area contributed by atoms with Crippen molar-refractivity contribution in [3.05, 3.63) is 41.7 Å². The third kappa shape index (κ3) is 2.90. The van der Waals surface area contributed by atoms with Gasteiger partial charge in [-0.25, -0.2) is 0 Å². The van der Waals surface area contributed by atoms with Gasteiger partial charge in [0, 0.05) is 44.8 Å². The zero-order chi connectivity index (χ0) is 17.5. The Morgan fingerprint density at radius 1 is 1.15 bits per heavy atom. The molecular weight excluding hydrogens is 328 g/mol. The average molecular weight is 352 g/mol. The minimum atomic E-state index is -0.0600. The first kappa shape index (κ1) is 15.9. The molecule has 2 atom stereocenters. The minimum Gasteiger partial charge on any atom is -0.347 e. The van der Waals surface area contributed by atoms with E-state index < -0.39 is 0 Å². The van der Waals surface area contributed by atoms with Crippen LogP contribution in [0, 0.1) is 11.8 Å². The van der Waals surface area contributed by atoms with Gasteiger partial charge in [-0.15, -0.1) is 10.2 Å². The Balaban J connectivity index is 1.27. The van der Waals surface area contributed by atoms with Crippen molar-refractivity contribution < 1.29 is 4.79 Å². The van der Waals surface area contributed by atoms with Gasteiger partial charge in [-0.1, -0.05) is 6.07 Å². The Hall–Kier alpha value is -2.28. The Morgan fingerprint density at radius 3 is 2.81 bits per heavy atom. The third-order valence-corrected chi connectivity index (χ3v) is 6.10. The number of carbonyl (C=O) groups excluding carboxylic acids is 1. The van der Waals surface area contributed by atoms with Crippen LogP contribution in [0.5, 0.6) is 0 Å². The van der Waals surface area contributed by atoms with Gasteiger partial charge in [-0.3, -0.25) is 14.7 Å². The molecule has 3 aliphatic rings. The average Bonchev–Trinajstić information content (AvgIpc) is 3.19. The molecule has 0 spiro atoms. The van der Waals surface area contributed by atoms with E-state index in [1.807, 2.05) is 18.3 Å². The van der Waals surface area contributed by atoms with Gasteiger partial charge in [0.2, 0.25) is 5.82 Å². The molecule has 7 heteroatoms. The van der Waals surface area contributed by atoms with Gasteiger partial charge in [0.15, 0.2) is 0 Å². The smallest absolute Gasteiger partial charge is 0.289 e. The molecule has 1 N–H and O–H groups in total. The monoisotopic (exact) mass is 352 g/mol. The topological polar surface area (TPSA) is 75.9 Å². The van der Waals surface area contributed by atoms with Crippen molar-refractivity contribution in [1.29, 1.82) is 0 Å². The third-order valence-electron chi connectivity index (χ3n) is 6.10. The number of likely N-dealkylation sites (tertiary alicyclic amines) is 1. The van der Waals surface area contributed by atoms with Crippen LogP contribution in [0.4, 0.5) is 0 Å². The van der Waals surface area contributed by atoms with Crippen molar-refractivity contribution in [2.24, 2.45) is 11.8 Å². The van der Waals surface area contributed by atoms with Crippen LogP contribution in [-0.2, 0) is 19.5 Å². The summed E-state index contributed by atoms with van der Waals surface area (Å²) in [5.74, 6) is 2.55. The number of amides is 1. The van der Waals surface area contributed by atoms with Gasteiger partial charge in [0.1, 0.15) is 5.82 Å². The summed E-state index contributed by atoms with van der Waals surface area (Å²) in [6.45, 7) is 3.85. The number of fused-ring (bicyclic) bond motifs is 2. The standard InChI is InChI=1S/C19H24N6O/c26-19(21-15-5-3-6-15)18-23-22-17-8-13-9-24(10-14(13)11-25(17)18)12-16-4-1-2-7-20-16/h1-2,4,7,13-15H,3,5-6,8-12H2,(H,21,26)/t13-,14-/m0/s1. The van der Waals surface area contributed by atoms with Crippen LogP contribution in [0.3, 0.4) is 0 Å². The molecule has 4 heterocycles. The second kappa shape index (κ2) is 6.46. The molecule has 1 saturated carbocycles. The van der Waals surface area contributed by atoms with E-state index >= 15 is 0 Å². The van der Waals surface area contributed by atoms with Gasteiger partial charge in [0.25, 0.3) is 5.91 Å². The van der Waals surface area contributed by atoms with E-state index in [-0.39, 0.29) is 5.91 Å². The Morgan fingerprint density at radius 2 is 2.04 bits per heavy atom. The molecule has 0 aromatic carbocycles. The van der Waals surface area contributed by atoms with E-state index in [0.29, 0.717) is 23.7 Å². The maximum absolute atomic E-state index is 12.5. The molecule has 0 unspecified atom stereocenters. The van der Waals surface area contributed by atoms with Crippen LogP contribution < -0.4 is 5.32 Å². The number of carbonyl (C=O) groups is 1. The maximum atomic E-state index is 12.5. The van der Waals surface area contributed by atoms with Crippen molar-refractivity contribution in [3.8, 4) is 0 Å². The molecule has 26 heavy (non-hydrogen) atoms. The predicted molar refractivity (Wildman–Crippen MR) is 95.3 cm³/mol. The van der Waals surface area contributed by atoms with Crippen molar-refractivity contribution >= 4 is 5.91 Å². The summed E-state index contributed by atoms with van der Waals surface area (Å²) in [5, 5.41) is 11.6. The molecule has 0 radical (unpaired) electrons. The summed E-state index contributed by atoms with van der Waals surface area (Å²) >= 11 is 0. The second-order valence-corrected chi connectivity index (χ2v) is 7.89. The lowest BCUT2D eigenvalue weighted by Crippen LogP contribution is -2.41. The Bertz CT molecular complexity index is 800. The lowest BCUT2D eigenvalue weighted by Gasteiger charge is -2.28. The Kier molecular flexibility index (Phi) is 3.96. The Labute approximate surface area is 152 Å². The van der Waals surface area contributed by atoms with Crippen molar-refractivity contribution in [2.75, 3.05) is 13.1 Å². The highest BCUT2D eigenvalue weighted by atomic mass is 16.2. The number of aromatic nitrogens is 4. The van der Waals surface area contributed by atoms with E-state index in [4.69, 9.17) is 0 Å². The highest BCUT2D eigenvalue weighted by Gasteiger charge is 2.39. The number of hydrogen-bond acceptors (Lipinski definition) is 5. The molecule has 2 aromatic heterocycles. The van der Waals surface area contributed by atoms with E-state index in [1.54, 1.807) is 0 Å². The van der Waals surface area contributed by atoms with E-state index in [9.17, 15) is 4.79 Å². The number of hydrogen-bond donors (Lipinski definition) is 1. The SMILES string of the molecule is O=C(NC1CCC1)c1nnc2n1C[C@@H]1CN(Cc3ccccn3)C[C@@H]1C2. The molecule has 5 rings (SSSR count). The van der Waals surface area contributed by atoms with Gasteiger partial charge in [0.05, 0.1) is 5.69 Å². The molecule has 0 bridgehead atoms. The lowest BCUT2D eigenvalue weighted by atomic mass is 9.89. The zero-order valence-electron chi connectivity index (χ0n) is 14.8. The van der Waals surface area contributed by atoms with E-state index in [2.05, 4.69) is 36.0 Å². The molecule has 2 aromatic rings. The molecule has 1 aliphatic carbocycles. The summed E-state index contributed by atoms with van der Waals surface area (Å²) in [7, 11) is 0. The summed E-state index contributed by atoms with van der Waals surface area (Å²) in [4.78, 5) is 19.4. The van der Waals surface area contributed by atoms with Gasteiger partial charge in [-0.05, 0) is 43.2 Å². The van der Waals surface area contributed by atoms with Gasteiger partial charge >= 0.3 is 0 Å². The number of rotatable bonds is 4. The molecule has 7 nitrogen and oxygen atoms in total. The first-order chi connectivity index (χ1) is 12.8. The first-order valence-corrected chi connectivity index (χ1v) is 9.61. The molecule has 1 saturated heterocycles. The maximum Gasteiger partial charge on any atom is 0.289 e. The zero-order valence-corrected chi connectivity index (χ0v) is 14.8. The second-order valence-electron chi connectivity index (χ2n) is 7.89. The summed E-state index contributed by atoms with van der Waals surface area (Å²) < 4.78 is 2.05. The summed E-state index contributed by atoms with van der Waals surface area (Å²) in [6, 6.07) is 6.40. The first-order valence-electron chi connectivity index (χ1n) is 9.61. The van der Waals surface area contributed by atoms with Crippen molar-refractivity contribution in [1.82, 2.24) is 30.0 Å². The predicted octanol–water partition coefficient (Wildman–Crippen LogP) is 1.26. The number of nitrogens with one attached hydrogen (secondary N) is 1. The normalized spacial score (nSPS) is 25.4. The fraction of sp³-hybridized carbons (Fsp3) is 0.579. The molecular formula is C19H24N6O. The van der Waals surface area contributed by atoms with Crippen LogP contribution >= 0.6 is 0 Å². The lowest BCUT2D eigenvalue weighted by molar-refractivity contribution is 0.0898. The highest BCUT2D eigenvalue weighted by molar-refractivity contribution is 5.91. The van der Waals surface area contributed by atoms with E-state index in [1.165, 1.54) is 6.42 Å². The fourth-order valence-electron chi connectivity index (χ4n) is 4.44. The quantitative estimate of drug-likeness (QED) is 0.897. The van der Waals surface area contributed by atoms with Crippen molar-refractivity contribution in [2.45, 2.75) is 44.8 Å². The largest absolute Gasteiger partial charge is 0.347 e. The van der Waals surface area contributed by atoms with Crippen LogP contribution in [0.1, 0.15) is 41.4 Å². The van der Waals surface area contributed by atoms with Crippen LogP contribution in [0.25, 0.3) is 0 Å². The highest BCUT2D eigenvalue weighted by Crippen LogP contribution is 2.33. The molecule has 2 fully saturated rings. The van der Waals surface area contributed by atoms with Crippen LogP contribution in [-0.4, -0.2) is 49.7 Å². The summed E-state index contributed by atoms with van der Waals surface area (Å²) in [5.41, 5.74) is 1.12. The van der Waals surface area contributed by atoms with Gasteiger partial charge in [-0.2, -0.15) is 0 Å². The minimum absolute atomic E-state index is 0.0600. The van der Waals surface area contributed by atoms with Crippen LogP contribution in [0.15, 0.2) is 24.4 Å². The number of nitrogens with zero attached hydrogens (tertiary/aromatic N) is 5. The fourth-order valence-corrected chi connectivity index (χ4v) is 4.44. The summed E-state index contributed by atoms with van der Waals surface area (Å²) in [6.07, 6.45) is 6.14. The van der Waals surface area contributed by atoms with Crippen LogP contribution in [0.2, 0.25) is 0 Å². The van der Waals surface area contributed by atoms with E-state index in [0.717, 1.165) is 57.0 Å². The molecule has 136 valence electrons. The van der Waals surface area contributed by atoms with Gasteiger partial charge < -0.3 is 9.88 Å². The van der Waals surface area contributed by atoms with Crippen molar-refractivity contribution in [3.63, 3.8) is 0 Å². The molecule has 2 aliphatic heterocycles. The molecule has 1 amide bonds.